The lowest BCUT2D eigenvalue weighted by molar-refractivity contribution is -0.124. The first-order chi connectivity index (χ1) is 12.2. The quantitative estimate of drug-likeness (QED) is 0.721. The maximum absolute atomic E-state index is 13.4. The van der Waals surface area contributed by atoms with Crippen LogP contribution < -0.4 is 5.32 Å². The van der Waals surface area contributed by atoms with E-state index in [4.69, 9.17) is 0 Å². The number of hydrogen-bond donors (Lipinski definition) is 2. The number of amides is 1. The molecule has 1 saturated heterocycles. The molecule has 1 aliphatic rings. The minimum Gasteiger partial charge on any atom is -0.360 e. The highest BCUT2D eigenvalue weighted by atomic mass is 16.2. The number of ketones is 1. The summed E-state index contributed by atoms with van der Waals surface area (Å²) in [7, 11) is 0. The lowest BCUT2D eigenvalue weighted by Gasteiger charge is -2.33. The van der Waals surface area contributed by atoms with Gasteiger partial charge < -0.3 is 10.3 Å². The molecule has 1 aromatic heterocycles. The molecule has 0 spiro atoms. The van der Waals surface area contributed by atoms with Gasteiger partial charge in [0.15, 0.2) is 5.78 Å². The van der Waals surface area contributed by atoms with Gasteiger partial charge in [0.05, 0.1) is 12.6 Å². The van der Waals surface area contributed by atoms with Crippen molar-refractivity contribution in [3.05, 3.63) is 71.9 Å². The fraction of sp³-hybridized carbons (Fsp3) is 0.200. The minimum absolute atomic E-state index is 0.0124. The van der Waals surface area contributed by atoms with Crippen LogP contribution in [0.5, 0.6) is 0 Å². The Morgan fingerprint density at radius 1 is 1.04 bits per heavy atom. The maximum atomic E-state index is 13.4. The predicted molar refractivity (Wildman–Crippen MR) is 96.4 cm³/mol. The Morgan fingerprint density at radius 2 is 1.80 bits per heavy atom. The maximum Gasteiger partial charge on any atom is 0.234 e. The minimum atomic E-state index is -0.466. The smallest absolute Gasteiger partial charge is 0.234 e. The van der Waals surface area contributed by atoms with E-state index < -0.39 is 6.04 Å². The number of benzene rings is 2. The zero-order chi connectivity index (χ0) is 17.2. The number of fused-ring (bicyclic) bond motifs is 1. The molecule has 1 amide bonds. The van der Waals surface area contributed by atoms with Crippen molar-refractivity contribution in [2.75, 3.05) is 19.6 Å². The highest BCUT2D eigenvalue weighted by molar-refractivity contribution is 6.10. The summed E-state index contributed by atoms with van der Waals surface area (Å²) in [5.41, 5.74) is 2.51. The Morgan fingerprint density at radius 3 is 2.60 bits per heavy atom. The van der Waals surface area contributed by atoms with Crippen LogP contribution in [0.4, 0.5) is 0 Å². The number of nitrogens with one attached hydrogen (secondary N) is 2. The number of rotatable bonds is 4. The molecule has 2 heterocycles. The topological polar surface area (TPSA) is 65.2 Å². The SMILES string of the molecule is O=C1CN(C(C(=O)c2c[nH]c3ccccc23)c2ccccc2)CCN1. The van der Waals surface area contributed by atoms with E-state index >= 15 is 0 Å². The molecular weight excluding hydrogens is 314 g/mol. The van der Waals surface area contributed by atoms with Crippen LogP contribution in [-0.4, -0.2) is 41.2 Å². The van der Waals surface area contributed by atoms with Gasteiger partial charge in [-0.2, -0.15) is 0 Å². The number of piperazine rings is 1. The van der Waals surface area contributed by atoms with Crippen LogP contribution in [0.3, 0.4) is 0 Å². The van der Waals surface area contributed by atoms with E-state index in [1.165, 1.54) is 0 Å². The van der Waals surface area contributed by atoms with Gasteiger partial charge in [0.2, 0.25) is 5.91 Å². The third kappa shape index (κ3) is 2.94. The number of hydrogen-bond acceptors (Lipinski definition) is 3. The standard InChI is InChI=1S/C20H19N3O2/c24-18-13-23(11-10-21-18)19(14-6-2-1-3-7-14)20(25)16-12-22-17-9-5-4-8-15(16)17/h1-9,12,19,22H,10-11,13H2,(H,21,24). The third-order valence-electron chi connectivity index (χ3n) is 4.65. The second-order valence-electron chi connectivity index (χ2n) is 6.25. The molecule has 3 aromatic rings. The Kier molecular flexibility index (Phi) is 4.07. The number of para-hydroxylation sites is 1. The Labute approximate surface area is 145 Å². The average molecular weight is 333 g/mol. The zero-order valence-electron chi connectivity index (χ0n) is 13.7. The number of aromatic amines is 1. The van der Waals surface area contributed by atoms with Crippen molar-refractivity contribution < 1.29 is 9.59 Å². The molecular formula is C20H19N3O2. The molecule has 0 bridgehead atoms. The second-order valence-corrected chi connectivity index (χ2v) is 6.25. The lowest BCUT2D eigenvalue weighted by Crippen LogP contribution is -2.50. The summed E-state index contributed by atoms with van der Waals surface area (Å²) < 4.78 is 0. The Balaban J connectivity index is 1.77. The highest BCUT2D eigenvalue weighted by Gasteiger charge is 2.32. The van der Waals surface area contributed by atoms with E-state index in [1.807, 2.05) is 59.5 Å². The van der Waals surface area contributed by atoms with Crippen molar-refractivity contribution in [1.29, 1.82) is 0 Å². The molecule has 1 atom stereocenters. The molecule has 126 valence electrons. The summed E-state index contributed by atoms with van der Waals surface area (Å²) in [5, 5.41) is 3.74. The highest BCUT2D eigenvalue weighted by Crippen LogP contribution is 2.29. The number of nitrogens with zero attached hydrogens (tertiary/aromatic N) is 1. The summed E-state index contributed by atoms with van der Waals surface area (Å²) >= 11 is 0. The molecule has 1 fully saturated rings. The second kappa shape index (κ2) is 6.53. The van der Waals surface area contributed by atoms with E-state index in [2.05, 4.69) is 10.3 Å². The van der Waals surface area contributed by atoms with Crippen LogP contribution in [0.25, 0.3) is 10.9 Å². The number of Topliss-reactive ketones (excluding diaryl/α,β-unsaturated/α-hetero) is 1. The van der Waals surface area contributed by atoms with Gasteiger partial charge in [0.25, 0.3) is 0 Å². The van der Waals surface area contributed by atoms with Crippen molar-refractivity contribution in [3.63, 3.8) is 0 Å². The van der Waals surface area contributed by atoms with E-state index in [1.54, 1.807) is 6.20 Å². The van der Waals surface area contributed by atoms with Crippen molar-refractivity contribution >= 4 is 22.6 Å². The molecule has 5 nitrogen and oxygen atoms in total. The van der Waals surface area contributed by atoms with E-state index in [0.717, 1.165) is 16.5 Å². The summed E-state index contributed by atoms with van der Waals surface area (Å²) in [4.78, 5) is 30.4. The van der Waals surface area contributed by atoms with E-state index in [-0.39, 0.29) is 18.2 Å². The van der Waals surface area contributed by atoms with Crippen LogP contribution in [0.15, 0.2) is 60.8 Å². The molecule has 2 N–H and O–H groups in total. The van der Waals surface area contributed by atoms with Crippen LogP contribution in [0, 0.1) is 0 Å². The third-order valence-corrected chi connectivity index (χ3v) is 4.65. The van der Waals surface area contributed by atoms with Gasteiger partial charge in [0.1, 0.15) is 0 Å². The molecule has 1 aliphatic heterocycles. The molecule has 1 unspecified atom stereocenters. The summed E-state index contributed by atoms with van der Waals surface area (Å²) in [6.07, 6.45) is 1.77. The predicted octanol–water partition coefficient (Wildman–Crippen LogP) is 2.52. The van der Waals surface area contributed by atoms with Gasteiger partial charge in [0, 0.05) is 35.8 Å². The summed E-state index contributed by atoms with van der Waals surface area (Å²) in [5.74, 6) is -0.0303. The molecule has 25 heavy (non-hydrogen) atoms. The molecule has 2 aromatic carbocycles. The first kappa shape index (κ1) is 15.6. The van der Waals surface area contributed by atoms with Gasteiger partial charge in [-0.05, 0) is 11.6 Å². The van der Waals surface area contributed by atoms with Crippen molar-refractivity contribution in [2.45, 2.75) is 6.04 Å². The number of aromatic nitrogens is 1. The number of H-pyrrole nitrogens is 1. The van der Waals surface area contributed by atoms with Gasteiger partial charge >= 0.3 is 0 Å². The first-order valence-electron chi connectivity index (χ1n) is 8.40. The normalized spacial score (nSPS) is 16.6. The number of carbonyl (C=O) groups excluding carboxylic acids is 2. The van der Waals surface area contributed by atoms with E-state index in [0.29, 0.717) is 18.7 Å². The molecule has 5 heteroatoms. The largest absolute Gasteiger partial charge is 0.360 e. The van der Waals surface area contributed by atoms with Gasteiger partial charge in [-0.25, -0.2) is 0 Å². The molecule has 0 saturated carbocycles. The molecule has 4 rings (SSSR count). The van der Waals surface area contributed by atoms with Crippen LogP contribution in [0.2, 0.25) is 0 Å². The van der Waals surface area contributed by atoms with E-state index in [9.17, 15) is 9.59 Å². The monoisotopic (exact) mass is 333 g/mol. The average Bonchev–Trinajstić information content (AvgIpc) is 3.07. The Hall–Kier alpha value is -2.92. The van der Waals surface area contributed by atoms with Gasteiger partial charge in [-0.3, -0.25) is 14.5 Å². The molecule has 0 radical (unpaired) electrons. The van der Waals surface area contributed by atoms with Crippen LogP contribution in [0.1, 0.15) is 22.0 Å². The fourth-order valence-electron chi connectivity index (χ4n) is 3.46. The van der Waals surface area contributed by atoms with Gasteiger partial charge in [-0.15, -0.1) is 0 Å². The number of carbonyl (C=O) groups is 2. The molecule has 0 aliphatic carbocycles. The summed E-state index contributed by atoms with van der Waals surface area (Å²) in [6.45, 7) is 1.44. The van der Waals surface area contributed by atoms with Crippen molar-refractivity contribution in [1.82, 2.24) is 15.2 Å². The fourth-order valence-corrected chi connectivity index (χ4v) is 3.46. The lowest BCUT2D eigenvalue weighted by atomic mass is 9.95. The Bertz CT molecular complexity index is 917. The van der Waals surface area contributed by atoms with Crippen LogP contribution in [-0.2, 0) is 4.79 Å². The summed E-state index contributed by atoms with van der Waals surface area (Å²) in [6, 6.07) is 17.0. The zero-order valence-corrected chi connectivity index (χ0v) is 13.7. The van der Waals surface area contributed by atoms with Crippen LogP contribution >= 0.6 is 0 Å². The van der Waals surface area contributed by atoms with Gasteiger partial charge in [-0.1, -0.05) is 48.5 Å². The first-order valence-corrected chi connectivity index (χ1v) is 8.40. The van der Waals surface area contributed by atoms with Crippen molar-refractivity contribution in [3.8, 4) is 0 Å². The van der Waals surface area contributed by atoms with Crippen molar-refractivity contribution in [2.24, 2.45) is 0 Å².